The number of aromatic nitrogens is 2. The number of nitrogens with zero attached hydrogens (tertiary/aromatic N) is 5. The van der Waals surface area contributed by atoms with Gasteiger partial charge in [-0.15, -0.1) is 11.3 Å². The van der Waals surface area contributed by atoms with Crippen LogP contribution in [0.5, 0.6) is 11.5 Å². The van der Waals surface area contributed by atoms with E-state index in [4.69, 9.17) is 9.47 Å². The SMILES string of the molecule is COc1cc(-c2cn(C)c(=O)c3ncsc23)cc(OC)c1CN1CCC2(CC1)CN(c1ccc3c(c1)C(=O)N(C1CCC(=O)NC1=O)C3=O)C2. The number of rotatable bonds is 7. The van der Waals surface area contributed by atoms with Crippen molar-refractivity contribution in [1.82, 2.24) is 24.7 Å². The second-order valence-electron chi connectivity index (χ2n) is 13.7. The number of hydrogen-bond donors (Lipinski definition) is 1. The molecule has 0 radical (unpaired) electrons. The Kier molecular flexibility index (Phi) is 7.75. The van der Waals surface area contributed by atoms with E-state index in [0.29, 0.717) is 17.6 Å². The number of ether oxygens (including phenoxy) is 2. The van der Waals surface area contributed by atoms with Crippen molar-refractivity contribution in [2.24, 2.45) is 12.5 Å². The van der Waals surface area contributed by atoms with Gasteiger partial charge in [0.2, 0.25) is 11.8 Å². The van der Waals surface area contributed by atoms with Crippen LogP contribution in [0, 0.1) is 5.41 Å². The van der Waals surface area contributed by atoms with Crippen LogP contribution in [0.1, 0.15) is 52.0 Å². The minimum absolute atomic E-state index is 0.0883. The van der Waals surface area contributed by atoms with Crippen LogP contribution in [-0.4, -0.2) is 89.4 Å². The molecule has 14 heteroatoms. The molecule has 8 rings (SSSR count). The molecule has 2 aromatic carbocycles. The molecule has 6 heterocycles. The highest BCUT2D eigenvalue weighted by atomic mass is 32.1. The molecule has 3 fully saturated rings. The molecule has 1 spiro atoms. The third-order valence-corrected chi connectivity index (χ3v) is 11.6. The highest BCUT2D eigenvalue weighted by molar-refractivity contribution is 7.17. The van der Waals surface area contributed by atoms with Crippen molar-refractivity contribution in [3.8, 4) is 22.6 Å². The van der Waals surface area contributed by atoms with Gasteiger partial charge in [0.05, 0.1) is 41.1 Å². The number of fused-ring (bicyclic) bond motifs is 2. The summed E-state index contributed by atoms with van der Waals surface area (Å²) in [5.41, 5.74) is 6.40. The van der Waals surface area contributed by atoms with E-state index in [1.807, 2.05) is 24.4 Å². The summed E-state index contributed by atoms with van der Waals surface area (Å²) < 4.78 is 14.2. The van der Waals surface area contributed by atoms with Gasteiger partial charge in [0.1, 0.15) is 23.1 Å². The van der Waals surface area contributed by atoms with Crippen molar-refractivity contribution in [1.29, 1.82) is 0 Å². The summed E-state index contributed by atoms with van der Waals surface area (Å²) in [6.07, 6.45) is 4.08. The lowest BCUT2D eigenvalue weighted by atomic mass is 9.71. The molecule has 1 atom stereocenters. The molecular formula is C36H36N6O7S. The normalized spacial score (nSPS) is 20.3. The van der Waals surface area contributed by atoms with Crippen molar-refractivity contribution in [3.05, 3.63) is 69.1 Å². The third kappa shape index (κ3) is 5.16. The fraction of sp³-hybridized carbons (Fsp3) is 0.389. The summed E-state index contributed by atoms with van der Waals surface area (Å²) in [5, 5.41) is 2.24. The number of carbonyl (C=O) groups excluding carboxylic acids is 4. The number of thiazole rings is 1. The van der Waals surface area contributed by atoms with Gasteiger partial charge in [-0.3, -0.25) is 39.1 Å². The van der Waals surface area contributed by atoms with E-state index in [1.54, 1.807) is 43.5 Å². The fourth-order valence-corrected chi connectivity index (χ4v) is 8.71. The van der Waals surface area contributed by atoms with Crippen molar-refractivity contribution in [2.45, 2.75) is 38.3 Å². The Bertz CT molecular complexity index is 2130. The van der Waals surface area contributed by atoms with Crippen molar-refractivity contribution < 1.29 is 28.7 Å². The average molecular weight is 697 g/mol. The van der Waals surface area contributed by atoms with Crippen molar-refractivity contribution >= 4 is 50.9 Å². The van der Waals surface area contributed by atoms with Crippen LogP contribution in [0.3, 0.4) is 0 Å². The number of pyridine rings is 1. The summed E-state index contributed by atoms with van der Waals surface area (Å²) in [5.74, 6) is -0.544. The lowest BCUT2D eigenvalue weighted by molar-refractivity contribution is -0.136. The smallest absolute Gasteiger partial charge is 0.277 e. The number of imide groups is 2. The molecule has 4 amide bonds. The molecule has 50 heavy (non-hydrogen) atoms. The largest absolute Gasteiger partial charge is 0.496 e. The summed E-state index contributed by atoms with van der Waals surface area (Å²) in [7, 11) is 5.05. The number of likely N-dealkylation sites (tertiary alicyclic amines) is 1. The molecule has 4 aromatic rings. The van der Waals surface area contributed by atoms with E-state index in [1.165, 1.54) is 11.3 Å². The molecule has 4 aliphatic heterocycles. The lowest BCUT2D eigenvalue weighted by Crippen LogP contribution is -2.60. The first-order valence-corrected chi connectivity index (χ1v) is 17.5. The van der Waals surface area contributed by atoms with Gasteiger partial charge in [-0.1, -0.05) is 0 Å². The quantitative estimate of drug-likeness (QED) is 0.286. The maximum absolute atomic E-state index is 13.3. The van der Waals surface area contributed by atoms with Gasteiger partial charge >= 0.3 is 0 Å². The Morgan fingerprint density at radius 1 is 0.940 bits per heavy atom. The summed E-state index contributed by atoms with van der Waals surface area (Å²) in [6.45, 7) is 4.18. The van der Waals surface area contributed by atoms with Gasteiger partial charge in [0.25, 0.3) is 17.4 Å². The monoisotopic (exact) mass is 696 g/mol. The van der Waals surface area contributed by atoms with Crippen LogP contribution in [0.4, 0.5) is 5.69 Å². The number of hydrogen-bond acceptors (Lipinski definition) is 11. The van der Waals surface area contributed by atoms with Crippen molar-refractivity contribution in [3.63, 3.8) is 0 Å². The third-order valence-electron chi connectivity index (χ3n) is 10.7. The van der Waals surface area contributed by atoms with Gasteiger partial charge < -0.3 is 18.9 Å². The standard InChI is InChI=1S/C36H36N6O7S/c1-39-15-24(31-30(35(39)47)37-19-50-31)20-12-27(48-2)25(28(13-20)49-3)16-40-10-8-36(9-11-40)17-41(18-36)21-4-5-22-23(14-21)34(46)42(33(22)45)26-6-7-29(43)38-32(26)44/h4-5,12-15,19,26H,6-11,16-18H2,1-3H3,(H,38,43,44). The van der Waals surface area contributed by atoms with Crippen LogP contribution in [-0.2, 0) is 23.2 Å². The first-order chi connectivity index (χ1) is 24.1. The Morgan fingerprint density at radius 2 is 1.64 bits per heavy atom. The van der Waals surface area contributed by atoms with E-state index in [2.05, 4.69) is 20.1 Å². The minimum atomic E-state index is -0.978. The average Bonchev–Trinajstić information content (AvgIpc) is 3.69. The fourth-order valence-electron chi connectivity index (χ4n) is 7.90. The molecule has 13 nitrogen and oxygen atoms in total. The number of amides is 4. The summed E-state index contributed by atoms with van der Waals surface area (Å²) >= 11 is 1.44. The zero-order chi connectivity index (χ0) is 34.9. The first kappa shape index (κ1) is 32.1. The Hall–Kier alpha value is -5.08. The summed E-state index contributed by atoms with van der Waals surface area (Å²) in [4.78, 5) is 73.1. The van der Waals surface area contributed by atoms with Crippen molar-refractivity contribution in [2.75, 3.05) is 45.3 Å². The van der Waals surface area contributed by atoms with Gasteiger partial charge in [-0.2, -0.15) is 0 Å². The molecule has 1 N–H and O–H groups in total. The van der Waals surface area contributed by atoms with Gasteiger partial charge in [0, 0.05) is 56.0 Å². The van der Waals surface area contributed by atoms with Crippen LogP contribution in [0.2, 0.25) is 0 Å². The van der Waals surface area contributed by atoms with Gasteiger partial charge in [-0.05, 0) is 68.2 Å². The highest BCUT2D eigenvalue weighted by Crippen LogP contribution is 2.45. The van der Waals surface area contributed by atoms with Crippen LogP contribution >= 0.6 is 11.3 Å². The van der Waals surface area contributed by atoms with E-state index < -0.39 is 29.7 Å². The number of piperidine rings is 2. The Labute approximate surface area is 291 Å². The number of aryl methyl sites for hydroxylation is 1. The van der Waals surface area contributed by atoms with Crippen LogP contribution in [0.25, 0.3) is 21.3 Å². The Morgan fingerprint density at radius 3 is 2.32 bits per heavy atom. The summed E-state index contributed by atoms with van der Waals surface area (Å²) in [6, 6.07) is 8.35. The zero-order valence-corrected chi connectivity index (χ0v) is 28.8. The van der Waals surface area contributed by atoms with E-state index in [0.717, 1.165) is 82.5 Å². The first-order valence-electron chi connectivity index (χ1n) is 16.6. The van der Waals surface area contributed by atoms with Gasteiger partial charge in [0.15, 0.2) is 0 Å². The Balaban J connectivity index is 0.935. The molecule has 1 unspecified atom stereocenters. The van der Waals surface area contributed by atoms with E-state index >= 15 is 0 Å². The van der Waals surface area contributed by atoms with E-state index in [9.17, 15) is 24.0 Å². The predicted octanol–water partition coefficient (Wildman–Crippen LogP) is 3.18. The molecule has 2 aromatic heterocycles. The van der Waals surface area contributed by atoms with Crippen LogP contribution < -0.4 is 25.2 Å². The number of carbonyl (C=O) groups is 4. The molecule has 4 aliphatic rings. The molecule has 0 bridgehead atoms. The van der Waals surface area contributed by atoms with Crippen LogP contribution in [0.15, 0.2) is 46.8 Å². The maximum Gasteiger partial charge on any atom is 0.277 e. The minimum Gasteiger partial charge on any atom is -0.496 e. The zero-order valence-electron chi connectivity index (χ0n) is 28.0. The number of methoxy groups -OCH3 is 2. The maximum atomic E-state index is 13.3. The van der Waals surface area contributed by atoms with E-state index in [-0.39, 0.29) is 29.4 Å². The number of nitrogens with one attached hydrogen (secondary N) is 1. The molecule has 0 saturated carbocycles. The predicted molar refractivity (Wildman–Crippen MR) is 186 cm³/mol. The number of anilines is 1. The topological polar surface area (TPSA) is 143 Å². The molecular weight excluding hydrogens is 660 g/mol. The van der Waals surface area contributed by atoms with Gasteiger partial charge in [-0.25, -0.2) is 4.98 Å². The lowest BCUT2D eigenvalue weighted by Gasteiger charge is -2.55. The molecule has 3 saturated heterocycles. The highest BCUT2D eigenvalue weighted by Gasteiger charge is 2.47. The molecule has 258 valence electrons. The second kappa shape index (κ2) is 12.1. The molecule has 0 aliphatic carbocycles. The second-order valence-corrected chi connectivity index (χ2v) is 14.5. The number of benzene rings is 2.